The maximum absolute atomic E-state index is 12.6. The van der Waals surface area contributed by atoms with Crippen LogP contribution in [0.1, 0.15) is 5.56 Å². The summed E-state index contributed by atoms with van der Waals surface area (Å²) in [6.07, 6.45) is 6.31. The number of H-pyrrole nitrogens is 1. The van der Waals surface area contributed by atoms with Crippen molar-refractivity contribution in [2.45, 2.75) is 6.42 Å². The Bertz CT molecular complexity index is 985. The van der Waals surface area contributed by atoms with Gasteiger partial charge in [-0.1, -0.05) is 18.2 Å². The molecule has 1 aromatic heterocycles. The number of amides is 3. The van der Waals surface area contributed by atoms with Crippen LogP contribution in [-0.4, -0.2) is 58.9 Å². The molecule has 2 aromatic rings. The van der Waals surface area contributed by atoms with Gasteiger partial charge in [0.2, 0.25) is 0 Å². The van der Waals surface area contributed by atoms with Gasteiger partial charge in [0, 0.05) is 30.7 Å². The molecule has 7 nitrogen and oxygen atoms in total. The molecular weight excluding hydrogens is 330 g/mol. The van der Waals surface area contributed by atoms with E-state index >= 15 is 0 Å². The van der Waals surface area contributed by atoms with E-state index in [0.717, 1.165) is 16.8 Å². The second-order valence-electron chi connectivity index (χ2n) is 6.45. The molecule has 3 heterocycles. The number of aromatic nitrogens is 1. The number of benzene rings is 1. The van der Waals surface area contributed by atoms with E-state index in [9.17, 15) is 9.59 Å². The number of imide groups is 1. The van der Waals surface area contributed by atoms with Crippen LogP contribution in [0, 0.1) is 5.92 Å². The second-order valence-corrected chi connectivity index (χ2v) is 6.45. The Labute approximate surface area is 150 Å². The smallest absolute Gasteiger partial charge is 0.361 e. The van der Waals surface area contributed by atoms with Crippen molar-refractivity contribution < 1.29 is 14.6 Å². The van der Waals surface area contributed by atoms with E-state index < -0.39 is 5.92 Å². The minimum absolute atomic E-state index is 0.259. The predicted octanol–water partition coefficient (Wildman–Crippen LogP) is 0.298. The number of amidine groups is 1. The van der Waals surface area contributed by atoms with E-state index in [1.54, 1.807) is 19.3 Å². The van der Waals surface area contributed by atoms with Crippen LogP contribution in [0.2, 0.25) is 0 Å². The zero-order valence-electron chi connectivity index (χ0n) is 14.7. The molecule has 0 bridgehead atoms. The van der Waals surface area contributed by atoms with E-state index in [1.807, 2.05) is 24.4 Å². The largest absolute Gasteiger partial charge is 0.417 e. The molecule has 26 heavy (non-hydrogen) atoms. The summed E-state index contributed by atoms with van der Waals surface area (Å²) in [6, 6.07) is 7.81. The highest BCUT2D eigenvalue weighted by Gasteiger charge is 2.49. The third-order valence-corrected chi connectivity index (χ3v) is 4.92. The molecule has 1 aromatic carbocycles. The maximum atomic E-state index is 12.6. The number of carbonyl (C=O) groups excluding carboxylic acids is 2. The lowest BCUT2D eigenvalue weighted by Gasteiger charge is -2.31. The lowest BCUT2D eigenvalue weighted by molar-refractivity contribution is -0.382. The fraction of sp³-hybridized carbons (Fsp3) is 0.263. The number of nitrogens with zero attached hydrogens (tertiary/aromatic N) is 3. The van der Waals surface area contributed by atoms with Gasteiger partial charge in [0.05, 0.1) is 19.0 Å². The highest BCUT2D eigenvalue weighted by Crippen LogP contribution is 2.20. The van der Waals surface area contributed by atoms with Gasteiger partial charge in [-0.3, -0.25) is 9.79 Å². The fourth-order valence-corrected chi connectivity index (χ4v) is 3.47. The molecule has 1 unspecified atom stereocenters. The van der Waals surface area contributed by atoms with Crippen molar-refractivity contribution in [2.24, 2.45) is 10.9 Å². The van der Waals surface area contributed by atoms with Crippen molar-refractivity contribution >= 4 is 34.4 Å². The highest BCUT2D eigenvalue weighted by molar-refractivity contribution is 6.30. The van der Waals surface area contributed by atoms with Gasteiger partial charge in [0.25, 0.3) is 11.7 Å². The summed E-state index contributed by atoms with van der Waals surface area (Å²) in [5.41, 5.74) is 2.98. The van der Waals surface area contributed by atoms with Gasteiger partial charge >= 0.3 is 6.03 Å². The summed E-state index contributed by atoms with van der Waals surface area (Å²) in [5.74, 6) is -0.257. The van der Waals surface area contributed by atoms with E-state index in [0.29, 0.717) is 18.1 Å². The molecule has 0 aliphatic carbocycles. The molecule has 2 N–H and O–H groups in total. The van der Waals surface area contributed by atoms with E-state index in [-0.39, 0.29) is 11.9 Å². The van der Waals surface area contributed by atoms with Gasteiger partial charge in [-0.15, -0.1) is 0 Å². The number of hydrogen-bond acceptors (Lipinski definition) is 3. The van der Waals surface area contributed by atoms with E-state index in [2.05, 4.69) is 21.0 Å². The summed E-state index contributed by atoms with van der Waals surface area (Å²) < 4.78 is 0. The van der Waals surface area contributed by atoms with Crippen molar-refractivity contribution in [3.05, 3.63) is 48.3 Å². The number of allylic oxidation sites excluding steroid dienone is 1. The standard InChI is InChI=1S/C19H19N5O2/c1-23-17-16(18(25)24(2)19(23)26)15(8-10-21-17)20-9-7-12-11-22-14-6-4-3-5-13(12)14/h3-6,8,10-11,16,22H,7,9H2,1-2H3/p+1. The lowest BCUT2D eigenvalue weighted by Crippen LogP contribution is -2.79. The Kier molecular flexibility index (Phi) is 3.91. The van der Waals surface area contributed by atoms with Gasteiger partial charge in [-0.2, -0.15) is 4.90 Å². The first-order valence-electron chi connectivity index (χ1n) is 8.52. The van der Waals surface area contributed by atoms with Gasteiger partial charge in [-0.25, -0.2) is 14.7 Å². The zero-order valence-corrected chi connectivity index (χ0v) is 14.7. The minimum atomic E-state index is -0.560. The molecule has 0 saturated carbocycles. The third kappa shape index (κ3) is 2.52. The fourth-order valence-electron chi connectivity index (χ4n) is 3.47. The Morgan fingerprint density at radius 2 is 2.00 bits per heavy atom. The molecule has 3 amide bonds. The van der Waals surface area contributed by atoms with Crippen LogP contribution in [-0.2, 0) is 11.2 Å². The number of fused-ring (bicyclic) bond motifs is 2. The van der Waals surface area contributed by atoms with E-state index in [1.165, 1.54) is 22.9 Å². The molecule has 2 aliphatic rings. The van der Waals surface area contributed by atoms with Crippen LogP contribution in [0.5, 0.6) is 0 Å². The molecule has 1 atom stereocenters. The Morgan fingerprint density at radius 3 is 2.85 bits per heavy atom. The average Bonchev–Trinajstić information content (AvgIpc) is 3.08. The first kappa shape index (κ1) is 16.3. The number of aliphatic imine (C=N–C) groups is 1. The number of aromatic amines is 1. The van der Waals surface area contributed by atoms with Crippen molar-refractivity contribution in [1.82, 2.24) is 14.8 Å². The number of hydrogen-bond donors (Lipinski definition) is 2. The van der Waals surface area contributed by atoms with Crippen molar-refractivity contribution in [2.75, 3.05) is 20.6 Å². The van der Waals surface area contributed by atoms with Crippen LogP contribution in [0.4, 0.5) is 4.79 Å². The van der Waals surface area contributed by atoms with Crippen LogP contribution >= 0.6 is 0 Å². The predicted molar refractivity (Wildman–Crippen MR) is 98.8 cm³/mol. The molecule has 0 radical (unpaired) electrons. The number of carbonyl (C=O) groups is 2. The number of nitrogens with one attached hydrogen (secondary N) is 2. The van der Waals surface area contributed by atoms with Gasteiger partial charge in [-0.05, 0) is 24.1 Å². The molecule has 132 valence electrons. The van der Waals surface area contributed by atoms with Crippen LogP contribution in [0.3, 0.4) is 0 Å². The monoisotopic (exact) mass is 350 g/mol. The van der Waals surface area contributed by atoms with Gasteiger partial charge in [0.15, 0.2) is 5.92 Å². The molecule has 7 heteroatoms. The Hall–Kier alpha value is -3.22. The normalized spacial score (nSPS) is 21.5. The average molecular weight is 350 g/mol. The van der Waals surface area contributed by atoms with Gasteiger partial charge < -0.3 is 4.98 Å². The summed E-state index contributed by atoms with van der Waals surface area (Å²) >= 11 is 0. The van der Waals surface area contributed by atoms with Crippen molar-refractivity contribution in [3.63, 3.8) is 0 Å². The van der Waals surface area contributed by atoms with Crippen molar-refractivity contribution in [3.8, 4) is 0 Å². The molecular formula is C19H20N5O2+. The van der Waals surface area contributed by atoms with Gasteiger partial charge in [0.1, 0.15) is 0 Å². The number of rotatable bonds is 3. The van der Waals surface area contributed by atoms with E-state index in [4.69, 9.17) is 0 Å². The summed E-state index contributed by atoms with van der Waals surface area (Å²) in [5, 5.41) is 1.19. The molecule has 4 rings (SSSR count). The minimum Gasteiger partial charge on any atom is -0.361 e. The highest BCUT2D eigenvalue weighted by atomic mass is 16.2. The first-order valence-corrected chi connectivity index (χ1v) is 8.52. The molecule has 1 saturated heterocycles. The summed E-state index contributed by atoms with van der Waals surface area (Å²) in [7, 11) is 3.16. The zero-order chi connectivity index (χ0) is 18.3. The first-order chi connectivity index (χ1) is 12.6. The Balaban J connectivity index is 1.56. The summed E-state index contributed by atoms with van der Waals surface area (Å²) in [6.45, 7) is 0.569. The molecule has 1 fully saturated rings. The number of urea groups is 1. The maximum Gasteiger partial charge on any atom is 0.417 e. The number of para-hydroxylation sites is 1. The van der Waals surface area contributed by atoms with Crippen LogP contribution in [0.25, 0.3) is 10.9 Å². The molecule has 2 aliphatic heterocycles. The van der Waals surface area contributed by atoms with Crippen LogP contribution < -0.4 is 4.99 Å². The second kappa shape index (κ2) is 6.25. The third-order valence-electron chi connectivity index (χ3n) is 4.92. The quantitative estimate of drug-likeness (QED) is 0.835. The molecule has 0 spiro atoms. The van der Waals surface area contributed by atoms with Crippen molar-refractivity contribution in [1.29, 1.82) is 0 Å². The SMILES string of the molecule is CN1C(=O)C2C(=NCCc3c[nH]c4ccccc34)C=C[NH+]=C2N(C)C1=O. The van der Waals surface area contributed by atoms with Crippen LogP contribution in [0.15, 0.2) is 47.7 Å². The topological polar surface area (TPSA) is 82.7 Å². The Morgan fingerprint density at radius 1 is 1.19 bits per heavy atom. The lowest BCUT2D eigenvalue weighted by atomic mass is 9.95. The summed E-state index contributed by atoms with van der Waals surface area (Å²) in [4.78, 5) is 38.2.